The molecule has 1 saturated carbocycles. The summed E-state index contributed by atoms with van der Waals surface area (Å²) >= 11 is 0. The molecular weight excluding hydrogens is 295 g/mol. The highest BCUT2D eigenvalue weighted by molar-refractivity contribution is 5.94. The largest absolute Gasteiger partial charge is 0.573 e. The highest BCUT2D eigenvalue weighted by Crippen LogP contribution is 2.28. The molecule has 1 amide bonds. The number of rotatable bonds is 4. The standard InChI is InChI=1S/C16H20F3NO2/c1-11(2)20(13-5-3-4-6-13)15(21)12-7-9-14(10-8-12)22-16(17,18)19/h7-11,13H,3-6H2,1-2H3. The summed E-state index contributed by atoms with van der Waals surface area (Å²) < 4.78 is 40.2. The van der Waals surface area contributed by atoms with Crippen LogP contribution in [0.2, 0.25) is 0 Å². The maximum atomic E-state index is 12.6. The third-order valence-corrected chi connectivity index (χ3v) is 3.84. The number of nitrogens with zero attached hydrogens (tertiary/aromatic N) is 1. The van der Waals surface area contributed by atoms with E-state index in [0.29, 0.717) is 5.56 Å². The van der Waals surface area contributed by atoms with Gasteiger partial charge in [0.05, 0.1) is 0 Å². The van der Waals surface area contributed by atoms with E-state index in [4.69, 9.17) is 0 Å². The minimum absolute atomic E-state index is 0.0571. The van der Waals surface area contributed by atoms with Crippen molar-refractivity contribution >= 4 is 5.91 Å². The van der Waals surface area contributed by atoms with Crippen LogP contribution < -0.4 is 4.74 Å². The molecule has 1 aliphatic carbocycles. The molecule has 0 heterocycles. The molecule has 1 aromatic carbocycles. The molecule has 22 heavy (non-hydrogen) atoms. The zero-order valence-corrected chi connectivity index (χ0v) is 12.7. The van der Waals surface area contributed by atoms with Crippen LogP contribution in [-0.2, 0) is 0 Å². The SMILES string of the molecule is CC(C)N(C(=O)c1ccc(OC(F)(F)F)cc1)C1CCCC1. The van der Waals surface area contributed by atoms with Crippen LogP contribution in [0.3, 0.4) is 0 Å². The van der Waals surface area contributed by atoms with E-state index in [-0.39, 0.29) is 23.7 Å². The van der Waals surface area contributed by atoms with Crippen molar-refractivity contribution in [3.05, 3.63) is 29.8 Å². The quantitative estimate of drug-likeness (QED) is 0.825. The van der Waals surface area contributed by atoms with Gasteiger partial charge in [-0.15, -0.1) is 13.2 Å². The summed E-state index contributed by atoms with van der Waals surface area (Å²) in [6.45, 7) is 3.91. The summed E-state index contributed by atoms with van der Waals surface area (Å²) in [6, 6.07) is 5.39. The van der Waals surface area contributed by atoms with Crippen LogP contribution in [0.1, 0.15) is 49.9 Å². The number of ether oxygens (including phenoxy) is 1. The number of halogens is 3. The molecule has 0 aliphatic heterocycles. The fourth-order valence-electron chi connectivity index (χ4n) is 2.95. The van der Waals surface area contributed by atoms with Gasteiger partial charge in [-0.1, -0.05) is 12.8 Å². The van der Waals surface area contributed by atoms with E-state index in [1.54, 1.807) is 0 Å². The molecule has 1 aromatic rings. The van der Waals surface area contributed by atoms with Crippen molar-refractivity contribution < 1.29 is 22.7 Å². The predicted molar refractivity (Wildman–Crippen MR) is 76.7 cm³/mol. The van der Waals surface area contributed by atoms with Gasteiger partial charge in [0.2, 0.25) is 0 Å². The average Bonchev–Trinajstić information content (AvgIpc) is 2.91. The Morgan fingerprint density at radius 1 is 1.18 bits per heavy atom. The van der Waals surface area contributed by atoms with Crippen molar-refractivity contribution in [1.82, 2.24) is 4.90 Å². The Morgan fingerprint density at radius 2 is 1.73 bits per heavy atom. The first kappa shape index (κ1) is 16.6. The van der Waals surface area contributed by atoms with Crippen molar-refractivity contribution in [1.29, 1.82) is 0 Å². The summed E-state index contributed by atoms with van der Waals surface area (Å²) in [5.41, 5.74) is 0.384. The lowest BCUT2D eigenvalue weighted by Crippen LogP contribution is -2.43. The smallest absolute Gasteiger partial charge is 0.406 e. The lowest BCUT2D eigenvalue weighted by Gasteiger charge is -2.33. The number of carbonyl (C=O) groups is 1. The minimum Gasteiger partial charge on any atom is -0.406 e. The molecule has 1 fully saturated rings. The van der Waals surface area contributed by atoms with Gasteiger partial charge < -0.3 is 9.64 Å². The topological polar surface area (TPSA) is 29.5 Å². The Morgan fingerprint density at radius 3 is 2.18 bits per heavy atom. The van der Waals surface area contributed by atoms with Crippen LogP contribution in [0.5, 0.6) is 5.75 Å². The summed E-state index contributed by atoms with van der Waals surface area (Å²) in [7, 11) is 0. The van der Waals surface area contributed by atoms with Gasteiger partial charge in [-0.25, -0.2) is 0 Å². The van der Waals surface area contributed by atoms with Gasteiger partial charge in [-0.05, 0) is 51.0 Å². The van der Waals surface area contributed by atoms with Gasteiger partial charge in [0, 0.05) is 17.6 Å². The molecule has 6 heteroatoms. The highest BCUT2D eigenvalue weighted by Gasteiger charge is 2.32. The van der Waals surface area contributed by atoms with Crippen molar-refractivity contribution in [2.24, 2.45) is 0 Å². The maximum Gasteiger partial charge on any atom is 0.573 e. The molecule has 3 nitrogen and oxygen atoms in total. The van der Waals surface area contributed by atoms with Gasteiger partial charge in [-0.3, -0.25) is 4.79 Å². The molecule has 0 radical (unpaired) electrons. The van der Waals surface area contributed by atoms with E-state index >= 15 is 0 Å². The average molecular weight is 315 g/mol. The van der Waals surface area contributed by atoms with E-state index in [1.807, 2.05) is 18.7 Å². The molecule has 0 aromatic heterocycles. The van der Waals surface area contributed by atoms with Crippen LogP contribution >= 0.6 is 0 Å². The second-order valence-corrected chi connectivity index (χ2v) is 5.82. The van der Waals surface area contributed by atoms with E-state index in [0.717, 1.165) is 25.7 Å². The van der Waals surface area contributed by atoms with Crippen LogP contribution in [-0.4, -0.2) is 29.3 Å². The molecule has 0 atom stereocenters. The Hall–Kier alpha value is -1.72. The van der Waals surface area contributed by atoms with Gasteiger partial charge >= 0.3 is 6.36 Å². The van der Waals surface area contributed by atoms with Crippen LogP contribution in [0, 0.1) is 0 Å². The second-order valence-electron chi connectivity index (χ2n) is 5.82. The summed E-state index contributed by atoms with van der Waals surface area (Å²) in [4.78, 5) is 14.5. The molecule has 1 aliphatic rings. The third kappa shape index (κ3) is 4.15. The van der Waals surface area contributed by atoms with Crippen molar-refractivity contribution in [2.75, 3.05) is 0 Å². The van der Waals surface area contributed by atoms with E-state index in [9.17, 15) is 18.0 Å². The van der Waals surface area contributed by atoms with Gasteiger partial charge in [0.25, 0.3) is 5.91 Å². The first-order chi connectivity index (χ1) is 10.3. The Kier molecular flexibility index (Phi) is 4.98. The van der Waals surface area contributed by atoms with Crippen molar-refractivity contribution in [3.63, 3.8) is 0 Å². The lowest BCUT2D eigenvalue weighted by molar-refractivity contribution is -0.274. The minimum atomic E-state index is -4.72. The molecule has 0 bridgehead atoms. The fourth-order valence-corrected chi connectivity index (χ4v) is 2.95. The van der Waals surface area contributed by atoms with E-state index < -0.39 is 6.36 Å². The van der Waals surface area contributed by atoms with E-state index in [1.165, 1.54) is 24.3 Å². The Labute approximate surface area is 128 Å². The van der Waals surface area contributed by atoms with Gasteiger partial charge in [0.15, 0.2) is 0 Å². The third-order valence-electron chi connectivity index (χ3n) is 3.84. The molecule has 122 valence electrons. The van der Waals surface area contributed by atoms with Gasteiger partial charge in [0.1, 0.15) is 5.75 Å². The zero-order valence-electron chi connectivity index (χ0n) is 12.7. The van der Waals surface area contributed by atoms with Crippen LogP contribution in [0.25, 0.3) is 0 Å². The first-order valence-electron chi connectivity index (χ1n) is 7.46. The Balaban J connectivity index is 2.13. The fraction of sp³-hybridized carbons (Fsp3) is 0.562. The lowest BCUT2D eigenvalue weighted by atomic mass is 10.1. The Bertz CT molecular complexity index is 505. The van der Waals surface area contributed by atoms with E-state index in [2.05, 4.69) is 4.74 Å². The number of alkyl halides is 3. The number of benzene rings is 1. The van der Waals surface area contributed by atoms with Crippen molar-refractivity contribution in [2.45, 2.75) is 58.0 Å². The molecule has 2 rings (SSSR count). The molecule has 0 N–H and O–H groups in total. The highest BCUT2D eigenvalue weighted by atomic mass is 19.4. The summed E-state index contributed by atoms with van der Waals surface area (Å²) in [5, 5.41) is 0. The van der Waals surface area contributed by atoms with Crippen LogP contribution in [0.4, 0.5) is 13.2 Å². The maximum absolute atomic E-state index is 12.6. The summed E-state index contributed by atoms with van der Waals surface area (Å²) in [5.74, 6) is -0.457. The predicted octanol–water partition coefficient (Wildman–Crippen LogP) is 4.38. The monoisotopic (exact) mass is 315 g/mol. The second kappa shape index (κ2) is 6.58. The number of amides is 1. The first-order valence-corrected chi connectivity index (χ1v) is 7.46. The van der Waals surface area contributed by atoms with Crippen LogP contribution in [0.15, 0.2) is 24.3 Å². The summed E-state index contributed by atoms with van der Waals surface area (Å²) in [6.07, 6.45) is -0.531. The molecule has 0 saturated heterocycles. The number of hydrogen-bond acceptors (Lipinski definition) is 2. The molecule has 0 unspecified atom stereocenters. The zero-order chi connectivity index (χ0) is 16.3. The molecular formula is C16H20F3NO2. The number of hydrogen-bond donors (Lipinski definition) is 0. The van der Waals surface area contributed by atoms with Crippen molar-refractivity contribution in [3.8, 4) is 5.75 Å². The normalized spacial score (nSPS) is 16.1. The number of carbonyl (C=O) groups excluding carboxylic acids is 1. The molecule has 0 spiro atoms. The van der Waals surface area contributed by atoms with Gasteiger partial charge in [-0.2, -0.15) is 0 Å².